The highest BCUT2D eigenvalue weighted by Gasteiger charge is 2.25. The lowest BCUT2D eigenvalue weighted by Gasteiger charge is -2.25. The molecule has 2 aromatic heterocycles. The number of nitrogens with zero attached hydrogens (tertiary/aromatic N) is 6. The third kappa shape index (κ3) is 8.02. The Morgan fingerprint density at radius 1 is 0.267 bits per heavy atom. The average molecular weight is 781 g/mol. The predicted molar refractivity (Wildman–Crippen MR) is 243 cm³/mol. The van der Waals surface area contributed by atoms with E-state index in [-0.39, 0.29) is 0 Å². The van der Waals surface area contributed by atoms with Crippen LogP contribution in [0, 0.1) is 0 Å². The van der Waals surface area contributed by atoms with E-state index in [0.717, 1.165) is 44.5 Å². The van der Waals surface area contributed by atoms with E-state index in [9.17, 15) is 0 Å². The Morgan fingerprint density at radius 2 is 0.550 bits per heavy atom. The first kappa shape index (κ1) is 37.6. The third-order valence-electron chi connectivity index (χ3n) is 12.4. The molecule has 0 amide bonds. The molecule has 2 saturated carbocycles. The van der Waals surface area contributed by atoms with Crippen molar-refractivity contribution >= 4 is 0 Å². The average Bonchev–Trinajstić information content (AvgIpc) is 3.35. The first-order valence-corrected chi connectivity index (χ1v) is 21.8. The quantitative estimate of drug-likeness (QED) is 0.145. The molecule has 6 heteroatoms. The number of hydrogen-bond donors (Lipinski definition) is 0. The smallest absolute Gasteiger partial charge is 0.164 e. The van der Waals surface area contributed by atoms with Gasteiger partial charge in [0.25, 0.3) is 0 Å². The maximum atomic E-state index is 5.31. The summed E-state index contributed by atoms with van der Waals surface area (Å²) in [4.78, 5) is 31.4. The highest BCUT2D eigenvalue weighted by molar-refractivity contribution is 5.90. The zero-order chi connectivity index (χ0) is 40.1. The summed E-state index contributed by atoms with van der Waals surface area (Å²) in [5, 5.41) is 0. The zero-order valence-electron chi connectivity index (χ0n) is 33.9. The molecular weight excluding hydrogens is 733 g/mol. The van der Waals surface area contributed by atoms with Crippen LogP contribution in [0.3, 0.4) is 0 Å². The van der Waals surface area contributed by atoms with Crippen LogP contribution >= 0.6 is 0 Å². The molecule has 0 N–H and O–H groups in total. The zero-order valence-corrected chi connectivity index (χ0v) is 33.9. The van der Waals surface area contributed by atoms with Gasteiger partial charge in [-0.25, -0.2) is 29.9 Å². The van der Waals surface area contributed by atoms with E-state index in [4.69, 9.17) is 29.9 Å². The fourth-order valence-corrected chi connectivity index (χ4v) is 9.20. The monoisotopic (exact) mass is 780 g/mol. The van der Waals surface area contributed by atoms with Gasteiger partial charge >= 0.3 is 0 Å². The molecule has 0 saturated heterocycles. The van der Waals surface area contributed by atoms with Crippen LogP contribution in [0.2, 0.25) is 0 Å². The Bertz CT molecular complexity index is 2400. The van der Waals surface area contributed by atoms with Crippen molar-refractivity contribution in [2.24, 2.45) is 0 Å². The van der Waals surface area contributed by atoms with Gasteiger partial charge in [0.15, 0.2) is 34.9 Å². The highest BCUT2D eigenvalue weighted by Crippen LogP contribution is 2.44. The van der Waals surface area contributed by atoms with Crippen molar-refractivity contribution in [2.75, 3.05) is 0 Å². The van der Waals surface area contributed by atoms with Crippen molar-refractivity contribution in [3.63, 3.8) is 0 Å². The van der Waals surface area contributed by atoms with Crippen molar-refractivity contribution in [1.82, 2.24) is 29.9 Å². The summed E-state index contributed by atoms with van der Waals surface area (Å²) in [7, 11) is 0. The molecule has 294 valence electrons. The van der Waals surface area contributed by atoms with E-state index in [1.54, 1.807) is 0 Å². The summed E-state index contributed by atoms with van der Waals surface area (Å²) >= 11 is 0. The Morgan fingerprint density at radius 3 is 0.850 bits per heavy atom. The lowest BCUT2D eigenvalue weighted by molar-refractivity contribution is 0.443. The Kier molecular flexibility index (Phi) is 10.8. The van der Waals surface area contributed by atoms with E-state index in [1.165, 1.54) is 75.3 Å². The van der Waals surface area contributed by atoms with Crippen LogP contribution < -0.4 is 0 Å². The molecule has 6 nitrogen and oxygen atoms in total. The van der Waals surface area contributed by atoms with Crippen LogP contribution in [0.15, 0.2) is 158 Å². The first-order chi connectivity index (χ1) is 29.7. The minimum Gasteiger partial charge on any atom is -0.208 e. The van der Waals surface area contributed by atoms with Crippen LogP contribution in [0.5, 0.6) is 0 Å². The second-order valence-electron chi connectivity index (χ2n) is 16.4. The molecular formula is C54H48N6. The second-order valence-corrected chi connectivity index (χ2v) is 16.4. The van der Waals surface area contributed by atoms with Gasteiger partial charge in [0, 0.05) is 33.4 Å². The molecule has 8 aromatic rings. The molecule has 0 aliphatic heterocycles. The largest absolute Gasteiger partial charge is 0.208 e. The van der Waals surface area contributed by atoms with Crippen LogP contribution in [-0.2, 0) is 0 Å². The molecule has 0 atom stereocenters. The van der Waals surface area contributed by atoms with Crippen molar-refractivity contribution in [1.29, 1.82) is 0 Å². The summed E-state index contributed by atoms with van der Waals surface area (Å²) in [5.41, 5.74) is 10.6. The molecule has 60 heavy (non-hydrogen) atoms. The SMILES string of the molecule is c1ccc(-c2nc(-c3ccccc3)nc(-c3cc(C4CCCCC4)ccc3-c3ccc(C4CCCCC4)cc3-c3nc(-c4ccccc4)nc(-c4ccccc4)n3)n2)cc1. The first-order valence-electron chi connectivity index (χ1n) is 21.8. The lowest BCUT2D eigenvalue weighted by Crippen LogP contribution is -2.07. The summed E-state index contributed by atoms with van der Waals surface area (Å²) in [5.74, 6) is 4.91. The topological polar surface area (TPSA) is 77.3 Å². The van der Waals surface area contributed by atoms with Gasteiger partial charge in [-0.3, -0.25) is 0 Å². The molecule has 10 rings (SSSR count). The van der Waals surface area contributed by atoms with Crippen LogP contribution in [0.1, 0.15) is 87.2 Å². The number of benzene rings is 6. The van der Waals surface area contributed by atoms with E-state index in [0.29, 0.717) is 46.8 Å². The minimum atomic E-state index is 0.495. The summed E-state index contributed by atoms with van der Waals surface area (Å²) in [6.45, 7) is 0. The molecule has 0 radical (unpaired) electrons. The van der Waals surface area contributed by atoms with Crippen molar-refractivity contribution in [3.05, 3.63) is 169 Å². The molecule has 2 aliphatic rings. The van der Waals surface area contributed by atoms with Crippen molar-refractivity contribution in [3.8, 4) is 79.5 Å². The van der Waals surface area contributed by atoms with Crippen molar-refractivity contribution < 1.29 is 0 Å². The Hall–Kier alpha value is -6.66. The summed E-state index contributed by atoms with van der Waals surface area (Å²) in [6, 6.07) is 55.1. The normalized spacial score (nSPS) is 14.9. The van der Waals surface area contributed by atoms with E-state index in [2.05, 4.69) is 84.9 Å². The molecule has 0 bridgehead atoms. The molecule has 6 aromatic carbocycles. The number of aromatic nitrogens is 6. The van der Waals surface area contributed by atoms with Crippen LogP contribution in [-0.4, -0.2) is 29.9 Å². The van der Waals surface area contributed by atoms with Gasteiger partial charge in [0.05, 0.1) is 0 Å². The molecule has 2 heterocycles. The Labute approximate surface area is 353 Å². The maximum absolute atomic E-state index is 5.31. The van der Waals surface area contributed by atoms with Crippen molar-refractivity contribution in [2.45, 2.75) is 76.0 Å². The standard InChI is InChI=1S/C54H48N6/c1-7-19-37(20-8-1)43-31-33-45(47(35-43)53-57-49(39-23-11-3-12-24-39)55-50(58-53)40-25-13-4-14-26-40)46-34-32-44(38-21-9-2-10-22-38)36-48(46)54-59-51(41-27-15-5-16-28-41)56-52(60-54)42-29-17-6-18-30-42/h3-6,11-18,23-38H,1-2,7-10,19-22H2. The Balaban J connectivity index is 1.23. The highest BCUT2D eigenvalue weighted by atomic mass is 15.0. The number of hydrogen-bond acceptors (Lipinski definition) is 6. The lowest BCUT2D eigenvalue weighted by atomic mass is 9.81. The van der Waals surface area contributed by atoms with Crippen LogP contribution in [0.4, 0.5) is 0 Å². The second kappa shape index (κ2) is 17.3. The molecule has 0 spiro atoms. The van der Waals surface area contributed by atoms with Gasteiger partial charge in [-0.2, -0.15) is 0 Å². The fourth-order valence-electron chi connectivity index (χ4n) is 9.20. The van der Waals surface area contributed by atoms with E-state index >= 15 is 0 Å². The van der Waals surface area contributed by atoms with Gasteiger partial charge < -0.3 is 0 Å². The van der Waals surface area contributed by atoms with Gasteiger partial charge in [-0.05, 0) is 71.9 Å². The summed E-state index contributed by atoms with van der Waals surface area (Å²) < 4.78 is 0. The van der Waals surface area contributed by atoms with Gasteiger partial charge in [-0.15, -0.1) is 0 Å². The van der Waals surface area contributed by atoms with Gasteiger partial charge in [0.2, 0.25) is 0 Å². The minimum absolute atomic E-state index is 0.495. The fraction of sp³-hybridized carbons (Fsp3) is 0.222. The number of rotatable bonds is 9. The van der Waals surface area contributed by atoms with Crippen LogP contribution in [0.25, 0.3) is 79.5 Å². The maximum Gasteiger partial charge on any atom is 0.164 e. The molecule has 0 unspecified atom stereocenters. The predicted octanol–water partition coefficient (Wildman–Crippen LogP) is 13.8. The summed E-state index contributed by atoms with van der Waals surface area (Å²) in [6.07, 6.45) is 12.4. The molecule has 2 fully saturated rings. The van der Waals surface area contributed by atoms with E-state index in [1.807, 2.05) is 72.8 Å². The van der Waals surface area contributed by atoms with Gasteiger partial charge in [-0.1, -0.05) is 184 Å². The molecule has 2 aliphatic carbocycles. The van der Waals surface area contributed by atoms with Gasteiger partial charge in [0.1, 0.15) is 0 Å². The van der Waals surface area contributed by atoms with E-state index < -0.39 is 0 Å². The third-order valence-corrected chi connectivity index (χ3v) is 12.4.